The number of oxazole rings is 1. The number of ether oxygens (including phenoxy) is 1. The van der Waals surface area contributed by atoms with E-state index >= 15 is 0 Å². The van der Waals surface area contributed by atoms with Crippen molar-refractivity contribution >= 4 is 23.3 Å². The summed E-state index contributed by atoms with van der Waals surface area (Å²) in [5.41, 5.74) is 1.12. The minimum atomic E-state index is -1.00. The quantitative estimate of drug-likeness (QED) is 0.605. The SMILES string of the molecule is CC(=O)c1ccc(NC(=O)C(C)OC(=O)c2coc(CC3CC3)n2)cc1. The third-order valence-corrected chi connectivity index (χ3v) is 4.13. The lowest BCUT2D eigenvalue weighted by molar-refractivity contribution is -0.123. The molecule has 0 bridgehead atoms. The number of rotatable bonds is 7. The van der Waals surface area contributed by atoms with E-state index in [1.807, 2.05) is 0 Å². The molecule has 1 saturated carbocycles. The summed E-state index contributed by atoms with van der Waals surface area (Å²) in [6, 6.07) is 6.47. The molecule has 1 aliphatic rings. The van der Waals surface area contributed by atoms with Crippen LogP contribution in [0, 0.1) is 5.92 Å². The highest BCUT2D eigenvalue weighted by Gasteiger charge is 2.26. The molecule has 3 rings (SSSR count). The largest absolute Gasteiger partial charge is 0.448 e. The van der Waals surface area contributed by atoms with Crippen LogP contribution in [0.2, 0.25) is 0 Å². The molecule has 1 amide bonds. The molecule has 2 aromatic rings. The highest BCUT2D eigenvalue weighted by Crippen LogP contribution is 2.32. The number of aromatic nitrogens is 1. The Kier molecular flexibility index (Phi) is 5.16. The minimum absolute atomic E-state index is 0.0566. The lowest BCUT2D eigenvalue weighted by Crippen LogP contribution is -2.30. The van der Waals surface area contributed by atoms with E-state index in [1.54, 1.807) is 24.3 Å². The van der Waals surface area contributed by atoms with Crippen molar-refractivity contribution in [3.05, 3.63) is 47.7 Å². The van der Waals surface area contributed by atoms with Crippen molar-refractivity contribution in [2.75, 3.05) is 5.32 Å². The van der Waals surface area contributed by atoms with Gasteiger partial charge in [0.05, 0.1) is 0 Å². The average Bonchev–Trinajstić information content (AvgIpc) is 3.29. The summed E-state index contributed by atoms with van der Waals surface area (Å²) in [6.07, 6.45) is 3.29. The van der Waals surface area contributed by atoms with Crippen LogP contribution in [0.5, 0.6) is 0 Å². The van der Waals surface area contributed by atoms with Crippen LogP contribution in [0.25, 0.3) is 0 Å². The number of hydrogen-bond donors (Lipinski definition) is 1. The van der Waals surface area contributed by atoms with Crippen LogP contribution >= 0.6 is 0 Å². The first-order chi connectivity index (χ1) is 12.4. The molecule has 1 aliphatic carbocycles. The van der Waals surface area contributed by atoms with Gasteiger partial charge in [-0.05, 0) is 56.9 Å². The van der Waals surface area contributed by atoms with Gasteiger partial charge in [0.2, 0.25) is 0 Å². The van der Waals surface area contributed by atoms with Crippen LogP contribution < -0.4 is 5.32 Å². The molecule has 1 aromatic heterocycles. The van der Waals surface area contributed by atoms with E-state index in [9.17, 15) is 14.4 Å². The molecule has 7 nitrogen and oxygen atoms in total. The monoisotopic (exact) mass is 356 g/mol. The zero-order valence-electron chi connectivity index (χ0n) is 14.7. The van der Waals surface area contributed by atoms with Crippen molar-refractivity contribution in [1.82, 2.24) is 4.98 Å². The fourth-order valence-electron chi connectivity index (χ4n) is 2.37. The summed E-state index contributed by atoms with van der Waals surface area (Å²) in [7, 11) is 0. The van der Waals surface area contributed by atoms with Crippen LogP contribution in [0.15, 0.2) is 34.9 Å². The second-order valence-corrected chi connectivity index (χ2v) is 6.44. The molecule has 136 valence electrons. The van der Waals surface area contributed by atoms with E-state index in [2.05, 4.69) is 10.3 Å². The van der Waals surface area contributed by atoms with Crippen LogP contribution in [0.1, 0.15) is 53.4 Å². The Morgan fingerprint density at radius 2 is 1.96 bits per heavy atom. The second kappa shape index (κ2) is 7.51. The van der Waals surface area contributed by atoms with Gasteiger partial charge in [0.1, 0.15) is 6.26 Å². The minimum Gasteiger partial charge on any atom is -0.448 e. The highest BCUT2D eigenvalue weighted by molar-refractivity contribution is 5.98. The van der Waals surface area contributed by atoms with E-state index < -0.39 is 18.0 Å². The lowest BCUT2D eigenvalue weighted by Gasteiger charge is -2.12. The molecule has 1 atom stereocenters. The summed E-state index contributed by atoms with van der Waals surface area (Å²) in [6.45, 7) is 2.94. The Morgan fingerprint density at radius 1 is 1.27 bits per heavy atom. The van der Waals surface area contributed by atoms with Crippen molar-refractivity contribution < 1.29 is 23.5 Å². The summed E-state index contributed by atoms with van der Waals surface area (Å²) in [5, 5.41) is 2.63. The Balaban J connectivity index is 1.53. The zero-order valence-corrected chi connectivity index (χ0v) is 14.7. The van der Waals surface area contributed by atoms with Crippen molar-refractivity contribution in [3.8, 4) is 0 Å². The fraction of sp³-hybridized carbons (Fsp3) is 0.368. The molecule has 0 aliphatic heterocycles. The van der Waals surface area contributed by atoms with Crippen molar-refractivity contribution in [2.24, 2.45) is 5.92 Å². The molecule has 0 saturated heterocycles. The van der Waals surface area contributed by atoms with Gasteiger partial charge in [-0.1, -0.05) is 0 Å². The topological polar surface area (TPSA) is 98.5 Å². The molecule has 1 aromatic carbocycles. The van der Waals surface area contributed by atoms with Crippen molar-refractivity contribution in [1.29, 1.82) is 0 Å². The Labute approximate surface area is 150 Å². The molecular formula is C19H20N2O5. The van der Waals surface area contributed by atoms with Crippen LogP contribution in [-0.4, -0.2) is 28.7 Å². The van der Waals surface area contributed by atoms with Gasteiger partial charge in [-0.15, -0.1) is 0 Å². The third-order valence-electron chi connectivity index (χ3n) is 4.13. The van der Waals surface area contributed by atoms with Gasteiger partial charge >= 0.3 is 5.97 Å². The maximum Gasteiger partial charge on any atom is 0.361 e. The van der Waals surface area contributed by atoms with Gasteiger partial charge < -0.3 is 14.5 Å². The summed E-state index contributed by atoms with van der Waals surface area (Å²) < 4.78 is 10.4. The van der Waals surface area contributed by atoms with E-state index in [4.69, 9.17) is 9.15 Å². The Hall–Kier alpha value is -2.96. The number of carbonyl (C=O) groups excluding carboxylic acids is 3. The van der Waals surface area contributed by atoms with Crippen LogP contribution in [0.3, 0.4) is 0 Å². The van der Waals surface area contributed by atoms with Gasteiger partial charge in [0, 0.05) is 17.7 Å². The molecule has 1 heterocycles. The normalized spacial score (nSPS) is 14.5. The number of hydrogen-bond acceptors (Lipinski definition) is 6. The first kappa shape index (κ1) is 17.8. The number of Topliss-reactive ketones (excluding diaryl/α,β-unsaturated/α-hetero) is 1. The van der Waals surface area contributed by atoms with Crippen LogP contribution in [0.4, 0.5) is 5.69 Å². The molecule has 1 unspecified atom stereocenters. The van der Waals surface area contributed by atoms with Crippen molar-refractivity contribution in [2.45, 2.75) is 39.2 Å². The Morgan fingerprint density at radius 3 is 2.58 bits per heavy atom. The summed E-state index contributed by atoms with van der Waals surface area (Å²) in [5.74, 6) is -0.126. The Bertz CT molecular complexity index is 821. The molecule has 26 heavy (non-hydrogen) atoms. The summed E-state index contributed by atoms with van der Waals surface area (Å²) in [4.78, 5) is 39.6. The van der Waals surface area contributed by atoms with E-state index in [-0.39, 0.29) is 11.5 Å². The van der Waals surface area contributed by atoms with Gasteiger partial charge in [0.25, 0.3) is 5.91 Å². The van der Waals surface area contributed by atoms with Crippen molar-refractivity contribution in [3.63, 3.8) is 0 Å². The maximum atomic E-state index is 12.2. The maximum absolute atomic E-state index is 12.2. The molecule has 1 fully saturated rings. The first-order valence-corrected chi connectivity index (χ1v) is 8.49. The number of carbonyl (C=O) groups is 3. The second-order valence-electron chi connectivity index (χ2n) is 6.44. The molecule has 7 heteroatoms. The third kappa shape index (κ3) is 4.56. The average molecular weight is 356 g/mol. The number of anilines is 1. The predicted octanol–water partition coefficient (Wildman–Crippen LogP) is 3.01. The zero-order chi connectivity index (χ0) is 18.7. The van der Waals surface area contributed by atoms with Gasteiger partial charge in [-0.25, -0.2) is 9.78 Å². The number of ketones is 1. The number of nitrogens with one attached hydrogen (secondary N) is 1. The van der Waals surface area contributed by atoms with E-state index in [0.717, 1.165) is 19.3 Å². The molecule has 0 radical (unpaired) electrons. The van der Waals surface area contributed by atoms with Crippen LogP contribution in [-0.2, 0) is 16.0 Å². The fourth-order valence-corrected chi connectivity index (χ4v) is 2.37. The highest BCUT2D eigenvalue weighted by atomic mass is 16.5. The first-order valence-electron chi connectivity index (χ1n) is 8.49. The van der Waals surface area contributed by atoms with Gasteiger partial charge in [-0.2, -0.15) is 0 Å². The number of esters is 1. The number of nitrogens with zero attached hydrogens (tertiary/aromatic N) is 1. The summed E-state index contributed by atoms with van der Waals surface area (Å²) >= 11 is 0. The van der Waals surface area contributed by atoms with Gasteiger partial charge in [0.15, 0.2) is 23.5 Å². The van der Waals surface area contributed by atoms with E-state index in [0.29, 0.717) is 23.1 Å². The standard InChI is InChI=1S/C19H20N2O5/c1-11(22)14-5-7-15(8-6-14)20-18(23)12(2)26-19(24)16-10-25-17(21-16)9-13-3-4-13/h5-8,10,12-13H,3-4,9H2,1-2H3,(H,20,23). The molecule has 0 spiro atoms. The van der Waals surface area contributed by atoms with E-state index in [1.165, 1.54) is 20.1 Å². The number of amides is 1. The number of benzene rings is 1. The lowest BCUT2D eigenvalue weighted by atomic mass is 10.1. The predicted molar refractivity (Wildman–Crippen MR) is 92.9 cm³/mol. The molecular weight excluding hydrogens is 336 g/mol. The molecule has 1 N–H and O–H groups in total. The smallest absolute Gasteiger partial charge is 0.361 e. The van der Waals surface area contributed by atoms with Gasteiger partial charge in [-0.3, -0.25) is 9.59 Å².